The molecule has 0 aliphatic rings. The Morgan fingerprint density at radius 2 is 1.30 bits per heavy atom. The molecule has 2 aromatic carbocycles. The maximum absolute atomic E-state index is 10.9. The van der Waals surface area contributed by atoms with Gasteiger partial charge in [0.1, 0.15) is 24.7 Å². The molecule has 0 aliphatic heterocycles. The van der Waals surface area contributed by atoms with E-state index in [1.54, 1.807) is 36.7 Å². The van der Waals surface area contributed by atoms with E-state index in [0.717, 1.165) is 45.5 Å². The van der Waals surface area contributed by atoms with Crippen LogP contribution in [0.2, 0.25) is 0 Å². The average molecular weight is 535 g/mol. The van der Waals surface area contributed by atoms with Crippen molar-refractivity contribution in [2.45, 2.75) is 47.5 Å². The molecule has 0 radical (unpaired) electrons. The van der Waals surface area contributed by atoms with Crippen molar-refractivity contribution in [1.29, 1.82) is 10.5 Å². The fourth-order valence-electron chi connectivity index (χ4n) is 3.95. The van der Waals surface area contributed by atoms with E-state index in [1.165, 1.54) is 0 Å². The number of aromatic nitrogens is 2. The number of pyridine rings is 2. The molecule has 0 amide bonds. The first-order valence-corrected chi connectivity index (χ1v) is 12.5. The number of hydrogen-bond donors (Lipinski definition) is 1. The Morgan fingerprint density at radius 1 is 0.800 bits per heavy atom. The van der Waals surface area contributed by atoms with Crippen molar-refractivity contribution in [3.05, 3.63) is 117 Å². The van der Waals surface area contributed by atoms with Crippen LogP contribution in [0.25, 0.3) is 0 Å². The molecule has 40 heavy (non-hydrogen) atoms. The van der Waals surface area contributed by atoms with E-state index >= 15 is 0 Å². The number of aliphatic hydroxyl groups is 1. The van der Waals surface area contributed by atoms with Crippen LogP contribution in [0, 0.1) is 50.4 Å². The number of carbonyl (C=O) groups is 1. The summed E-state index contributed by atoms with van der Waals surface area (Å²) >= 11 is 0. The summed E-state index contributed by atoms with van der Waals surface area (Å²) in [5.74, 6) is 1.32. The van der Waals surface area contributed by atoms with E-state index in [-0.39, 0.29) is 6.61 Å². The van der Waals surface area contributed by atoms with Crippen LogP contribution in [0.1, 0.15) is 60.7 Å². The number of nitriles is 2. The number of aryl methyl sites for hydroxylation is 2. The van der Waals surface area contributed by atoms with E-state index in [4.69, 9.17) is 20.0 Å². The topological polar surface area (TPSA) is 129 Å². The fourth-order valence-corrected chi connectivity index (χ4v) is 3.95. The van der Waals surface area contributed by atoms with Gasteiger partial charge in [0.15, 0.2) is 6.29 Å². The molecule has 4 aromatic rings. The molecule has 4 rings (SSSR count). The minimum atomic E-state index is -0.0562. The van der Waals surface area contributed by atoms with Crippen molar-refractivity contribution in [2.24, 2.45) is 0 Å². The van der Waals surface area contributed by atoms with Crippen LogP contribution in [-0.4, -0.2) is 21.4 Å². The zero-order valence-corrected chi connectivity index (χ0v) is 22.9. The molecule has 0 fully saturated rings. The summed E-state index contributed by atoms with van der Waals surface area (Å²) in [4.78, 5) is 19.3. The highest BCUT2D eigenvalue weighted by Gasteiger charge is 2.11. The highest BCUT2D eigenvalue weighted by molar-refractivity contribution is 5.78. The van der Waals surface area contributed by atoms with Crippen LogP contribution in [0.5, 0.6) is 11.5 Å². The zero-order chi connectivity index (χ0) is 29.1. The minimum absolute atomic E-state index is 0.0562. The molecular weight excluding hydrogens is 504 g/mol. The Kier molecular flexibility index (Phi) is 10.5. The summed E-state index contributed by atoms with van der Waals surface area (Å²) in [6.07, 6.45) is 3.97. The molecule has 0 saturated carbocycles. The molecule has 0 atom stereocenters. The number of carbonyl (C=O) groups excluding carboxylic acids is 1. The molecule has 2 heterocycles. The van der Waals surface area contributed by atoms with Crippen LogP contribution in [0.4, 0.5) is 0 Å². The van der Waals surface area contributed by atoms with Crippen molar-refractivity contribution < 1.29 is 19.4 Å². The first kappa shape index (κ1) is 29.5. The van der Waals surface area contributed by atoms with Crippen molar-refractivity contribution in [2.75, 3.05) is 0 Å². The van der Waals surface area contributed by atoms with Gasteiger partial charge in [-0.15, -0.1) is 0 Å². The zero-order valence-electron chi connectivity index (χ0n) is 22.9. The summed E-state index contributed by atoms with van der Waals surface area (Å²) in [6.45, 7) is 8.09. The molecule has 1 N–H and O–H groups in total. The first-order chi connectivity index (χ1) is 19.3. The van der Waals surface area contributed by atoms with Gasteiger partial charge in [0.25, 0.3) is 0 Å². The second-order valence-corrected chi connectivity index (χ2v) is 9.05. The van der Waals surface area contributed by atoms with Gasteiger partial charge < -0.3 is 14.6 Å². The molecule has 0 bridgehead atoms. The number of hydrogen-bond acceptors (Lipinski definition) is 8. The van der Waals surface area contributed by atoms with E-state index in [9.17, 15) is 9.90 Å². The number of aldehydes is 1. The lowest BCUT2D eigenvalue weighted by molar-refractivity contribution is 0.112. The number of aliphatic hydroxyl groups excluding tert-OH is 1. The highest BCUT2D eigenvalue weighted by Crippen LogP contribution is 2.26. The lowest BCUT2D eigenvalue weighted by Gasteiger charge is -2.14. The standard InChI is InChI=1S/C16H16N2O2.C16H14N2O2/c2*1-11-15(9-19)8-18-12(2)16(11)20-10-14-5-3-4-13(6-14)7-17/h3-6,8,19H,9-10H2,1-2H3;3-6,8-9H,10H2,1-2H3. The largest absolute Gasteiger partial charge is 0.487 e. The molecular formula is C32H30N4O4. The summed E-state index contributed by atoms with van der Waals surface area (Å²) in [7, 11) is 0. The fraction of sp³-hybridized carbons (Fsp3) is 0.219. The van der Waals surface area contributed by atoms with Gasteiger partial charge in [0.2, 0.25) is 0 Å². The van der Waals surface area contributed by atoms with Gasteiger partial charge in [-0.25, -0.2) is 0 Å². The predicted molar refractivity (Wildman–Crippen MR) is 150 cm³/mol. The Labute approximate surface area is 234 Å². The third kappa shape index (κ3) is 7.50. The van der Waals surface area contributed by atoms with Gasteiger partial charge in [0.05, 0.1) is 41.3 Å². The predicted octanol–water partition coefficient (Wildman–Crippen LogP) is 5.60. The number of rotatable bonds is 8. The Hall–Kier alpha value is -5.05. The SMILES string of the molecule is Cc1ncc(C=O)c(C)c1OCc1cccc(C#N)c1.Cc1ncc(CO)c(C)c1OCc1cccc(C#N)c1. The third-order valence-electron chi connectivity index (χ3n) is 6.24. The maximum atomic E-state index is 10.9. The Morgan fingerprint density at radius 3 is 1.77 bits per heavy atom. The van der Waals surface area contributed by atoms with Gasteiger partial charge in [-0.3, -0.25) is 14.8 Å². The molecule has 2 aromatic heterocycles. The molecule has 8 nitrogen and oxygen atoms in total. The van der Waals surface area contributed by atoms with Gasteiger partial charge in [-0.2, -0.15) is 10.5 Å². The average Bonchev–Trinajstić information content (AvgIpc) is 2.97. The number of ether oxygens (including phenoxy) is 2. The van der Waals surface area contributed by atoms with Crippen LogP contribution >= 0.6 is 0 Å². The normalized spacial score (nSPS) is 9.97. The van der Waals surface area contributed by atoms with E-state index < -0.39 is 0 Å². The number of nitrogens with zero attached hydrogens (tertiary/aromatic N) is 4. The Bertz CT molecular complexity index is 1590. The summed E-state index contributed by atoms with van der Waals surface area (Å²) in [5, 5.41) is 27.0. The quantitative estimate of drug-likeness (QED) is 0.289. The summed E-state index contributed by atoms with van der Waals surface area (Å²) < 4.78 is 11.6. The second-order valence-electron chi connectivity index (χ2n) is 9.05. The number of benzene rings is 2. The third-order valence-corrected chi connectivity index (χ3v) is 6.24. The van der Waals surface area contributed by atoms with Gasteiger partial charge >= 0.3 is 0 Å². The second kappa shape index (κ2) is 14.2. The highest BCUT2D eigenvalue weighted by atomic mass is 16.5. The first-order valence-electron chi connectivity index (χ1n) is 12.5. The summed E-state index contributed by atoms with van der Waals surface area (Å²) in [6, 6.07) is 18.7. The lowest BCUT2D eigenvalue weighted by Crippen LogP contribution is -2.03. The van der Waals surface area contributed by atoms with Crippen molar-refractivity contribution in [3.8, 4) is 23.6 Å². The summed E-state index contributed by atoms with van der Waals surface area (Å²) in [5.41, 5.74) is 7.53. The molecule has 0 unspecified atom stereocenters. The Balaban J connectivity index is 0.000000220. The van der Waals surface area contributed by atoms with Crippen LogP contribution < -0.4 is 9.47 Å². The van der Waals surface area contributed by atoms with Gasteiger partial charge in [-0.1, -0.05) is 24.3 Å². The molecule has 202 valence electrons. The smallest absolute Gasteiger partial charge is 0.152 e. The van der Waals surface area contributed by atoms with E-state index in [1.807, 2.05) is 52.0 Å². The molecule has 0 saturated heterocycles. The van der Waals surface area contributed by atoms with Crippen molar-refractivity contribution >= 4 is 6.29 Å². The van der Waals surface area contributed by atoms with Crippen molar-refractivity contribution in [1.82, 2.24) is 9.97 Å². The van der Waals surface area contributed by atoms with E-state index in [2.05, 4.69) is 22.1 Å². The van der Waals surface area contributed by atoms with Gasteiger partial charge in [-0.05, 0) is 68.7 Å². The molecule has 0 aliphatic carbocycles. The van der Waals surface area contributed by atoms with Crippen molar-refractivity contribution in [3.63, 3.8) is 0 Å². The molecule has 0 spiro atoms. The van der Waals surface area contributed by atoms with Crippen LogP contribution in [0.3, 0.4) is 0 Å². The minimum Gasteiger partial charge on any atom is -0.487 e. The lowest BCUT2D eigenvalue weighted by atomic mass is 10.1. The van der Waals surface area contributed by atoms with Crippen LogP contribution in [0.15, 0.2) is 60.9 Å². The molecule has 8 heteroatoms. The van der Waals surface area contributed by atoms with Crippen LogP contribution in [-0.2, 0) is 19.8 Å². The van der Waals surface area contributed by atoms with E-state index in [0.29, 0.717) is 41.4 Å². The van der Waals surface area contributed by atoms with Gasteiger partial charge in [0, 0.05) is 29.1 Å². The maximum Gasteiger partial charge on any atom is 0.152 e. The monoisotopic (exact) mass is 534 g/mol.